The third kappa shape index (κ3) is 4.47. The van der Waals surface area contributed by atoms with Crippen molar-refractivity contribution < 1.29 is 22.7 Å². The van der Waals surface area contributed by atoms with E-state index in [1.54, 1.807) is 55.6 Å². The molecule has 0 aromatic heterocycles. The zero-order chi connectivity index (χ0) is 23.8. The van der Waals surface area contributed by atoms with Crippen LogP contribution in [0.1, 0.15) is 46.8 Å². The van der Waals surface area contributed by atoms with Crippen molar-refractivity contribution in [3.8, 4) is 11.5 Å². The van der Waals surface area contributed by atoms with Crippen molar-refractivity contribution in [3.05, 3.63) is 82.9 Å². The lowest BCUT2D eigenvalue weighted by atomic mass is 9.98. The summed E-state index contributed by atoms with van der Waals surface area (Å²) in [5.74, 6) is 0.951. The number of sulfonamides is 1. The first-order valence-corrected chi connectivity index (χ1v) is 11.9. The molecule has 0 amide bonds. The van der Waals surface area contributed by atoms with Gasteiger partial charge in [-0.15, -0.1) is 4.40 Å². The Morgan fingerprint density at radius 2 is 1.73 bits per heavy atom. The molecule has 33 heavy (non-hydrogen) atoms. The fourth-order valence-electron chi connectivity index (χ4n) is 3.58. The lowest BCUT2D eigenvalue weighted by Gasteiger charge is -2.18. The minimum Gasteiger partial charge on any atom is -0.497 e. The van der Waals surface area contributed by atoms with Gasteiger partial charge in [-0.2, -0.15) is 8.42 Å². The number of carbonyl (C=O) groups excluding carboxylic acids is 1. The molecule has 1 heterocycles. The Morgan fingerprint density at radius 3 is 2.39 bits per heavy atom. The van der Waals surface area contributed by atoms with Crippen molar-refractivity contribution >= 4 is 27.5 Å². The molecule has 0 bridgehead atoms. The van der Waals surface area contributed by atoms with Gasteiger partial charge in [0.05, 0.1) is 12.7 Å². The first-order valence-electron chi connectivity index (χ1n) is 10.4. The second kappa shape index (κ2) is 8.71. The SMILES string of the molecule is COc1ccc(C(=O)Oc2cc(C)c(NC3=NS(=O)(=O)c4ccccc43)cc2C(C)C)cc1. The Labute approximate surface area is 193 Å². The summed E-state index contributed by atoms with van der Waals surface area (Å²) in [4.78, 5) is 12.9. The van der Waals surface area contributed by atoms with Crippen molar-refractivity contribution in [2.45, 2.75) is 31.6 Å². The summed E-state index contributed by atoms with van der Waals surface area (Å²) in [6, 6.07) is 17.0. The van der Waals surface area contributed by atoms with Gasteiger partial charge in [-0.3, -0.25) is 0 Å². The van der Waals surface area contributed by atoms with Gasteiger partial charge in [0.15, 0.2) is 5.84 Å². The molecule has 7 nitrogen and oxygen atoms in total. The van der Waals surface area contributed by atoms with Gasteiger partial charge < -0.3 is 14.8 Å². The number of fused-ring (bicyclic) bond motifs is 1. The van der Waals surface area contributed by atoms with E-state index in [4.69, 9.17) is 9.47 Å². The Morgan fingerprint density at radius 1 is 1.03 bits per heavy atom. The Kier molecular flexibility index (Phi) is 5.95. The van der Waals surface area contributed by atoms with Crippen LogP contribution in [0.25, 0.3) is 0 Å². The van der Waals surface area contributed by atoms with E-state index in [-0.39, 0.29) is 16.6 Å². The number of hydrogen-bond donors (Lipinski definition) is 1. The van der Waals surface area contributed by atoms with E-state index in [9.17, 15) is 13.2 Å². The number of hydrogen-bond acceptors (Lipinski definition) is 6. The first kappa shape index (κ1) is 22.5. The van der Waals surface area contributed by atoms with Gasteiger partial charge in [0.1, 0.15) is 16.4 Å². The smallest absolute Gasteiger partial charge is 0.343 e. The zero-order valence-electron chi connectivity index (χ0n) is 18.7. The van der Waals surface area contributed by atoms with Gasteiger partial charge in [0.25, 0.3) is 10.0 Å². The number of ether oxygens (including phenoxy) is 2. The van der Waals surface area contributed by atoms with Crippen molar-refractivity contribution in [3.63, 3.8) is 0 Å². The number of amidine groups is 1. The van der Waals surface area contributed by atoms with Gasteiger partial charge in [0.2, 0.25) is 0 Å². The van der Waals surface area contributed by atoms with Gasteiger partial charge in [-0.25, -0.2) is 4.79 Å². The monoisotopic (exact) mass is 464 g/mol. The minimum absolute atomic E-state index is 0.0475. The van der Waals surface area contributed by atoms with Crippen molar-refractivity contribution in [1.29, 1.82) is 0 Å². The highest BCUT2D eigenvalue weighted by Gasteiger charge is 2.29. The van der Waals surface area contributed by atoms with E-state index in [2.05, 4.69) is 9.71 Å². The largest absolute Gasteiger partial charge is 0.497 e. The van der Waals surface area contributed by atoms with Crippen LogP contribution in [0.2, 0.25) is 0 Å². The number of aryl methyl sites for hydroxylation is 1. The van der Waals surface area contributed by atoms with E-state index in [0.29, 0.717) is 28.3 Å². The highest BCUT2D eigenvalue weighted by atomic mass is 32.2. The predicted molar refractivity (Wildman–Crippen MR) is 127 cm³/mol. The standard InChI is InChI=1S/C25H24N2O5S/c1-15(2)20-14-21(26-24-19-7-5-6-8-23(19)33(29,30)27-24)16(3)13-22(20)32-25(28)17-9-11-18(31-4)12-10-17/h5-15H,1-4H3,(H,26,27). The molecule has 1 aliphatic heterocycles. The molecule has 0 spiro atoms. The zero-order valence-corrected chi connectivity index (χ0v) is 19.6. The molecular formula is C25H24N2O5S. The summed E-state index contributed by atoms with van der Waals surface area (Å²) >= 11 is 0. The lowest BCUT2D eigenvalue weighted by molar-refractivity contribution is 0.0732. The number of rotatable bonds is 5. The number of esters is 1. The fraction of sp³-hybridized carbons (Fsp3) is 0.200. The number of nitrogens with zero attached hydrogens (tertiary/aromatic N) is 1. The maximum atomic E-state index is 12.7. The van der Waals surface area contributed by atoms with Gasteiger partial charge in [0, 0.05) is 11.3 Å². The van der Waals surface area contributed by atoms with Crippen molar-refractivity contribution in [2.24, 2.45) is 4.40 Å². The molecule has 0 radical (unpaired) electrons. The highest BCUT2D eigenvalue weighted by molar-refractivity contribution is 7.90. The molecule has 1 aliphatic rings. The molecule has 3 aromatic carbocycles. The molecule has 0 atom stereocenters. The minimum atomic E-state index is -3.73. The van der Waals surface area contributed by atoms with Crippen LogP contribution < -0.4 is 14.8 Å². The topological polar surface area (TPSA) is 94.1 Å². The molecular weight excluding hydrogens is 440 g/mol. The lowest BCUT2D eigenvalue weighted by Crippen LogP contribution is -2.14. The number of anilines is 1. The normalized spacial score (nSPS) is 13.9. The summed E-state index contributed by atoms with van der Waals surface area (Å²) in [5, 5.41) is 3.16. The molecule has 0 saturated heterocycles. The second-order valence-corrected chi connectivity index (χ2v) is 9.59. The third-order valence-corrected chi connectivity index (χ3v) is 6.73. The average Bonchev–Trinajstić information content (AvgIpc) is 3.05. The molecule has 4 rings (SSSR count). The van der Waals surface area contributed by atoms with E-state index < -0.39 is 16.0 Å². The van der Waals surface area contributed by atoms with Crippen LogP contribution in [0.15, 0.2) is 70.0 Å². The number of methoxy groups -OCH3 is 1. The van der Waals surface area contributed by atoms with E-state index in [1.165, 1.54) is 6.07 Å². The maximum absolute atomic E-state index is 12.7. The maximum Gasteiger partial charge on any atom is 0.343 e. The molecule has 0 unspecified atom stereocenters. The Bertz CT molecular complexity index is 1360. The first-order chi connectivity index (χ1) is 15.7. The quantitative estimate of drug-likeness (QED) is 0.426. The fourth-order valence-corrected chi connectivity index (χ4v) is 4.76. The number of nitrogens with one attached hydrogen (secondary N) is 1. The van der Waals surface area contributed by atoms with Crippen molar-refractivity contribution in [2.75, 3.05) is 12.4 Å². The van der Waals surface area contributed by atoms with E-state index in [1.807, 2.05) is 26.8 Å². The van der Waals surface area contributed by atoms with Gasteiger partial charge in [-0.1, -0.05) is 26.0 Å². The van der Waals surface area contributed by atoms with Crippen LogP contribution in [-0.2, 0) is 10.0 Å². The van der Waals surface area contributed by atoms with E-state index >= 15 is 0 Å². The summed E-state index contributed by atoms with van der Waals surface area (Å²) in [7, 11) is -2.17. The highest BCUT2D eigenvalue weighted by Crippen LogP contribution is 2.34. The molecule has 3 aromatic rings. The van der Waals surface area contributed by atoms with Gasteiger partial charge >= 0.3 is 5.97 Å². The van der Waals surface area contributed by atoms with Crippen LogP contribution in [0.3, 0.4) is 0 Å². The summed E-state index contributed by atoms with van der Waals surface area (Å²) in [6.45, 7) is 5.84. The van der Waals surface area contributed by atoms with Crippen LogP contribution in [0.4, 0.5) is 5.69 Å². The van der Waals surface area contributed by atoms with Crippen LogP contribution >= 0.6 is 0 Å². The Balaban J connectivity index is 1.65. The number of carbonyl (C=O) groups is 1. The summed E-state index contributed by atoms with van der Waals surface area (Å²) in [5.41, 5.74) is 3.21. The average molecular weight is 465 g/mol. The summed E-state index contributed by atoms with van der Waals surface area (Å²) in [6.07, 6.45) is 0. The van der Waals surface area contributed by atoms with Crippen LogP contribution in [0, 0.1) is 6.92 Å². The van der Waals surface area contributed by atoms with Crippen LogP contribution in [0.5, 0.6) is 11.5 Å². The van der Waals surface area contributed by atoms with E-state index in [0.717, 1.165) is 11.1 Å². The predicted octanol–water partition coefficient (Wildman–Crippen LogP) is 4.91. The Hall–Kier alpha value is -3.65. The second-order valence-electron chi connectivity index (χ2n) is 8.01. The van der Waals surface area contributed by atoms with Gasteiger partial charge in [-0.05, 0) is 72.5 Å². The third-order valence-electron chi connectivity index (χ3n) is 5.39. The molecule has 1 N–H and O–H groups in total. The van der Waals surface area contributed by atoms with Crippen LogP contribution in [-0.4, -0.2) is 27.3 Å². The number of benzene rings is 3. The van der Waals surface area contributed by atoms with Crippen molar-refractivity contribution in [1.82, 2.24) is 0 Å². The summed E-state index contributed by atoms with van der Waals surface area (Å²) < 4.78 is 39.5. The molecule has 0 saturated carbocycles. The molecule has 0 aliphatic carbocycles. The molecule has 170 valence electrons. The molecule has 8 heteroatoms. The molecule has 0 fully saturated rings.